The molecule has 2 heterocycles. The van der Waals surface area contributed by atoms with Crippen LogP contribution in [0.4, 0.5) is 10.9 Å². The summed E-state index contributed by atoms with van der Waals surface area (Å²) in [5.41, 5.74) is 0.0320. The Balaban J connectivity index is 2.14. The summed E-state index contributed by atoms with van der Waals surface area (Å²) in [6.45, 7) is 0. The molecule has 2 aromatic rings. The number of thiazole rings is 1. The highest BCUT2D eigenvalue weighted by Gasteiger charge is 2.08. The van der Waals surface area contributed by atoms with Crippen LogP contribution in [0.25, 0.3) is 0 Å². The number of hydrogen-bond donors (Lipinski definition) is 2. The number of carboxylic acid groups (broad SMARTS) is 1. The summed E-state index contributed by atoms with van der Waals surface area (Å²) in [5, 5.41) is 13.6. The number of nitrogens with zero attached hydrogens (tertiary/aromatic N) is 2. The molecule has 7 heteroatoms. The van der Waals surface area contributed by atoms with Crippen molar-refractivity contribution < 1.29 is 9.90 Å². The maximum absolute atomic E-state index is 10.6. The van der Waals surface area contributed by atoms with Crippen LogP contribution in [-0.4, -0.2) is 21.0 Å². The summed E-state index contributed by atoms with van der Waals surface area (Å²) in [7, 11) is 0. The van der Waals surface area contributed by atoms with Crippen molar-refractivity contribution in [2.75, 3.05) is 5.32 Å². The average molecular weight is 300 g/mol. The third-order valence-electron chi connectivity index (χ3n) is 1.69. The molecule has 16 heavy (non-hydrogen) atoms. The second-order valence-electron chi connectivity index (χ2n) is 2.83. The molecule has 0 radical (unpaired) electrons. The Morgan fingerprint density at radius 3 is 2.88 bits per heavy atom. The van der Waals surface area contributed by atoms with E-state index in [2.05, 4.69) is 31.2 Å². The summed E-state index contributed by atoms with van der Waals surface area (Å²) < 4.78 is 0.878. The predicted octanol–water partition coefficient (Wildman–Crippen LogP) is 2.74. The first-order valence-corrected chi connectivity index (χ1v) is 5.90. The third kappa shape index (κ3) is 2.56. The maximum Gasteiger partial charge on any atom is 0.355 e. The molecule has 0 fully saturated rings. The lowest BCUT2D eigenvalue weighted by atomic mass is 10.5. The zero-order chi connectivity index (χ0) is 11.5. The van der Waals surface area contributed by atoms with E-state index in [9.17, 15) is 4.79 Å². The van der Waals surface area contributed by atoms with E-state index < -0.39 is 5.97 Å². The van der Waals surface area contributed by atoms with Crippen molar-refractivity contribution in [2.45, 2.75) is 0 Å². The van der Waals surface area contributed by atoms with Gasteiger partial charge in [-0.15, -0.1) is 11.3 Å². The van der Waals surface area contributed by atoms with Gasteiger partial charge < -0.3 is 10.4 Å². The van der Waals surface area contributed by atoms with Crippen LogP contribution in [0.15, 0.2) is 28.2 Å². The van der Waals surface area contributed by atoms with Crippen LogP contribution in [0.2, 0.25) is 0 Å². The summed E-state index contributed by atoms with van der Waals surface area (Å²) in [6.07, 6.45) is 1.65. The minimum Gasteiger partial charge on any atom is -0.476 e. The zero-order valence-electron chi connectivity index (χ0n) is 7.85. The van der Waals surface area contributed by atoms with E-state index in [1.165, 1.54) is 16.7 Å². The van der Waals surface area contributed by atoms with Crippen LogP contribution in [0.1, 0.15) is 10.5 Å². The Bertz CT molecular complexity index is 512. The van der Waals surface area contributed by atoms with E-state index in [0.29, 0.717) is 10.9 Å². The van der Waals surface area contributed by atoms with Gasteiger partial charge in [-0.05, 0) is 28.1 Å². The molecular formula is C9H6BrN3O2S. The average Bonchev–Trinajstić information content (AvgIpc) is 2.70. The molecule has 0 amide bonds. The monoisotopic (exact) mass is 299 g/mol. The molecule has 0 aliphatic heterocycles. The van der Waals surface area contributed by atoms with E-state index in [0.717, 1.165) is 4.47 Å². The number of aromatic carboxylic acids is 1. The Hall–Kier alpha value is -1.47. The second kappa shape index (κ2) is 4.58. The van der Waals surface area contributed by atoms with Crippen LogP contribution in [-0.2, 0) is 0 Å². The number of pyridine rings is 1. The van der Waals surface area contributed by atoms with Gasteiger partial charge in [0.2, 0.25) is 0 Å². The minimum atomic E-state index is -1.03. The van der Waals surface area contributed by atoms with Gasteiger partial charge in [0.15, 0.2) is 10.8 Å². The molecule has 0 saturated carbocycles. The van der Waals surface area contributed by atoms with E-state index >= 15 is 0 Å². The number of aromatic nitrogens is 2. The molecule has 0 aliphatic rings. The molecule has 2 N–H and O–H groups in total. The molecule has 2 aromatic heterocycles. The Morgan fingerprint density at radius 1 is 1.50 bits per heavy atom. The highest BCUT2D eigenvalue weighted by Crippen LogP contribution is 2.20. The lowest BCUT2D eigenvalue weighted by Gasteiger charge is -2.00. The summed E-state index contributed by atoms with van der Waals surface area (Å²) in [6, 6.07) is 3.60. The standard InChI is InChI=1S/C9H6BrN3O2S/c10-5-1-2-7(11-3-5)13-9-12-6(4-16-9)8(14)15/h1-4H,(H,14,15)(H,11,12,13). The summed E-state index contributed by atoms with van der Waals surface area (Å²) in [5.74, 6) is -0.414. The second-order valence-corrected chi connectivity index (χ2v) is 4.60. The molecular weight excluding hydrogens is 294 g/mol. The van der Waals surface area contributed by atoms with Crippen LogP contribution >= 0.6 is 27.3 Å². The Morgan fingerprint density at radius 2 is 2.31 bits per heavy atom. The van der Waals surface area contributed by atoms with Gasteiger partial charge in [-0.1, -0.05) is 0 Å². The highest BCUT2D eigenvalue weighted by atomic mass is 79.9. The van der Waals surface area contributed by atoms with Crippen molar-refractivity contribution in [1.29, 1.82) is 0 Å². The molecule has 0 saturated heterocycles. The minimum absolute atomic E-state index is 0.0320. The summed E-state index contributed by atoms with van der Waals surface area (Å²) in [4.78, 5) is 18.6. The van der Waals surface area contributed by atoms with Crippen molar-refractivity contribution in [3.8, 4) is 0 Å². The fourth-order valence-electron chi connectivity index (χ4n) is 0.989. The zero-order valence-corrected chi connectivity index (χ0v) is 10.2. The Labute approximate surface area is 103 Å². The first-order valence-electron chi connectivity index (χ1n) is 4.22. The van der Waals surface area contributed by atoms with Gasteiger partial charge in [-0.25, -0.2) is 14.8 Å². The molecule has 0 aromatic carbocycles. The fourth-order valence-corrected chi connectivity index (χ4v) is 1.91. The lowest BCUT2D eigenvalue weighted by Crippen LogP contribution is -1.97. The smallest absolute Gasteiger partial charge is 0.355 e. The molecule has 2 rings (SSSR count). The molecule has 0 spiro atoms. The van der Waals surface area contributed by atoms with Crippen molar-refractivity contribution in [1.82, 2.24) is 9.97 Å². The number of carbonyl (C=O) groups is 1. The largest absolute Gasteiger partial charge is 0.476 e. The number of anilines is 2. The molecule has 0 atom stereocenters. The molecule has 82 valence electrons. The number of hydrogen-bond acceptors (Lipinski definition) is 5. The topological polar surface area (TPSA) is 75.1 Å². The van der Waals surface area contributed by atoms with E-state index in [1.54, 1.807) is 12.3 Å². The van der Waals surface area contributed by atoms with Gasteiger partial charge in [0.05, 0.1) is 0 Å². The van der Waals surface area contributed by atoms with Crippen molar-refractivity contribution in [3.05, 3.63) is 33.9 Å². The van der Waals surface area contributed by atoms with Crippen molar-refractivity contribution in [2.24, 2.45) is 0 Å². The molecule has 0 unspecified atom stereocenters. The van der Waals surface area contributed by atoms with Crippen LogP contribution < -0.4 is 5.32 Å². The maximum atomic E-state index is 10.6. The van der Waals surface area contributed by atoms with Crippen molar-refractivity contribution in [3.63, 3.8) is 0 Å². The third-order valence-corrected chi connectivity index (χ3v) is 2.91. The first-order chi connectivity index (χ1) is 7.65. The van der Waals surface area contributed by atoms with Gasteiger partial charge in [-0.2, -0.15) is 0 Å². The fraction of sp³-hybridized carbons (Fsp3) is 0. The molecule has 5 nitrogen and oxygen atoms in total. The first kappa shape index (κ1) is 11.0. The predicted molar refractivity (Wildman–Crippen MR) is 64.3 cm³/mol. The molecule has 0 aliphatic carbocycles. The van der Waals surface area contributed by atoms with Crippen LogP contribution in [0.5, 0.6) is 0 Å². The normalized spacial score (nSPS) is 10.1. The number of halogens is 1. The quantitative estimate of drug-likeness (QED) is 0.911. The number of nitrogens with one attached hydrogen (secondary N) is 1. The number of carboxylic acids is 1. The number of rotatable bonds is 3. The van der Waals surface area contributed by atoms with E-state index in [4.69, 9.17) is 5.11 Å². The SMILES string of the molecule is O=C(O)c1csc(Nc2ccc(Br)cn2)n1. The summed E-state index contributed by atoms with van der Waals surface area (Å²) >= 11 is 4.50. The van der Waals surface area contributed by atoms with Gasteiger partial charge in [0.1, 0.15) is 5.82 Å². The van der Waals surface area contributed by atoms with E-state index in [1.807, 2.05) is 6.07 Å². The lowest BCUT2D eigenvalue weighted by molar-refractivity contribution is 0.0691. The van der Waals surface area contributed by atoms with E-state index in [-0.39, 0.29) is 5.69 Å². The van der Waals surface area contributed by atoms with Crippen LogP contribution in [0, 0.1) is 0 Å². The van der Waals surface area contributed by atoms with Crippen LogP contribution in [0.3, 0.4) is 0 Å². The van der Waals surface area contributed by atoms with Gasteiger partial charge in [-0.3, -0.25) is 0 Å². The highest BCUT2D eigenvalue weighted by molar-refractivity contribution is 9.10. The van der Waals surface area contributed by atoms with Gasteiger partial charge >= 0.3 is 5.97 Å². The molecule has 0 bridgehead atoms. The Kier molecular flexibility index (Phi) is 3.16. The van der Waals surface area contributed by atoms with Gasteiger partial charge in [0, 0.05) is 16.0 Å². The van der Waals surface area contributed by atoms with Gasteiger partial charge in [0.25, 0.3) is 0 Å². The van der Waals surface area contributed by atoms with Crippen molar-refractivity contribution >= 4 is 44.2 Å².